The second-order valence-corrected chi connectivity index (χ2v) is 6.06. The maximum absolute atomic E-state index is 12.3. The van der Waals surface area contributed by atoms with Crippen molar-refractivity contribution in [3.8, 4) is 17.2 Å². The van der Waals surface area contributed by atoms with Crippen molar-refractivity contribution in [1.29, 1.82) is 0 Å². The van der Waals surface area contributed by atoms with Crippen LogP contribution in [0.2, 0.25) is 0 Å². The number of hydrogen-bond acceptors (Lipinski definition) is 6. The molecule has 2 N–H and O–H groups in total. The molecule has 0 amide bonds. The molecule has 0 aliphatic heterocycles. The highest BCUT2D eigenvalue weighted by molar-refractivity contribution is 7.89. The van der Waals surface area contributed by atoms with Crippen molar-refractivity contribution in [1.82, 2.24) is 4.83 Å². The summed E-state index contributed by atoms with van der Waals surface area (Å²) in [7, 11) is -1.09. The fourth-order valence-electron chi connectivity index (χ4n) is 1.81. The average molecular weight is 336 g/mol. The maximum Gasteiger partial charge on any atom is 0.280 e. The Morgan fingerprint density at radius 1 is 1.13 bits per heavy atom. The normalized spacial score (nSPS) is 11.4. The van der Waals surface area contributed by atoms with E-state index in [1.165, 1.54) is 44.7 Å². The van der Waals surface area contributed by atoms with E-state index in [0.717, 1.165) is 0 Å². The van der Waals surface area contributed by atoms with Crippen LogP contribution in [0, 0.1) is 0 Å². The number of ether oxygens (including phenoxy) is 2. The van der Waals surface area contributed by atoms with Gasteiger partial charge in [-0.25, -0.2) is 0 Å². The predicted octanol–water partition coefficient (Wildman–Crippen LogP) is 1.72. The summed E-state index contributed by atoms with van der Waals surface area (Å²) in [5.74, 6) is 0.602. The van der Waals surface area contributed by atoms with Crippen LogP contribution in [0.5, 0.6) is 17.2 Å². The Labute approximate surface area is 134 Å². The molecule has 0 spiro atoms. The third kappa shape index (κ3) is 3.92. The third-order valence-corrected chi connectivity index (χ3v) is 4.24. The van der Waals surface area contributed by atoms with Crippen LogP contribution in [-0.2, 0) is 10.0 Å². The lowest BCUT2D eigenvalue weighted by Crippen LogP contribution is -2.19. The topological polar surface area (TPSA) is 97.2 Å². The summed E-state index contributed by atoms with van der Waals surface area (Å²) in [5.41, 5.74) is 0.386. The van der Waals surface area contributed by atoms with Gasteiger partial charge in [0.25, 0.3) is 10.0 Å². The van der Waals surface area contributed by atoms with Crippen LogP contribution in [0.3, 0.4) is 0 Å². The Bertz CT molecular complexity index is 818. The quantitative estimate of drug-likeness (QED) is 0.618. The van der Waals surface area contributed by atoms with E-state index < -0.39 is 10.0 Å². The minimum atomic E-state index is -3.92. The van der Waals surface area contributed by atoms with Crippen LogP contribution >= 0.6 is 0 Å². The lowest BCUT2D eigenvalue weighted by Gasteiger charge is -2.10. The van der Waals surface area contributed by atoms with Gasteiger partial charge in [-0.15, -0.1) is 0 Å². The van der Waals surface area contributed by atoms with Gasteiger partial charge < -0.3 is 14.6 Å². The number of benzene rings is 2. The molecule has 2 rings (SSSR count). The van der Waals surface area contributed by atoms with Gasteiger partial charge in [0.2, 0.25) is 0 Å². The molecule has 0 unspecified atom stereocenters. The number of rotatable bonds is 6. The third-order valence-electron chi connectivity index (χ3n) is 2.97. The van der Waals surface area contributed by atoms with Crippen molar-refractivity contribution >= 4 is 16.2 Å². The van der Waals surface area contributed by atoms with Crippen LogP contribution in [0.1, 0.15) is 5.56 Å². The zero-order valence-electron chi connectivity index (χ0n) is 12.6. The molecular formula is C15H16N2O5S. The summed E-state index contributed by atoms with van der Waals surface area (Å²) in [4.78, 5) is 2.00. The molecule has 0 aromatic heterocycles. The number of phenols is 1. The van der Waals surface area contributed by atoms with Crippen molar-refractivity contribution < 1.29 is 23.0 Å². The Kier molecular flexibility index (Phi) is 5.07. The summed E-state index contributed by atoms with van der Waals surface area (Å²) in [5, 5.41) is 13.3. The molecular weight excluding hydrogens is 320 g/mol. The van der Waals surface area contributed by atoms with E-state index in [0.29, 0.717) is 11.3 Å². The standard InChI is InChI=1S/C15H16N2O5S/c1-21-12-7-8-15(14(9-12)22-2)23(19,20)17-16-10-11-5-3-4-6-13(11)18/h3-10,17-18H,1-2H3/b16-10+. The molecule has 0 heterocycles. The number of sulfonamides is 1. The molecule has 0 fully saturated rings. The number of para-hydroxylation sites is 1. The molecule has 8 heteroatoms. The lowest BCUT2D eigenvalue weighted by atomic mass is 10.2. The monoisotopic (exact) mass is 336 g/mol. The van der Waals surface area contributed by atoms with Gasteiger partial charge in [-0.1, -0.05) is 12.1 Å². The Hall–Kier alpha value is -2.74. The molecule has 122 valence electrons. The summed E-state index contributed by atoms with van der Waals surface area (Å²) in [6.45, 7) is 0. The summed E-state index contributed by atoms with van der Waals surface area (Å²) >= 11 is 0. The Balaban J connectivity index is 2.24. The number of hydrazone groups is 1. The van der Waals surface area contributed by atoms with Gasteiger partial charge in [-0.2, -0.15) is 18.4 Å². The van der Waals surface area contributed by atoms with E-state index in [1.807, 2.05) is 0 Å². The number of hydrogen-bond donors (Lipinski definition) is 2. The van der Waals surface area contributed by atoms with E-state index in [2.05, 4.69) is 9.93 Å². The fraction of sp³-hybridized carbons (Fsp3) is 0.133. The van der Waals surface area contributed by atoms with Crippen molar-refractivity contribution in [2.24, 2.45) is 5.10 Å². The van der Waals surface area contributed by atoms with E-state index in [1.54, 1.807) is 18.2 Å². The van der Waals surface area contributed by atoms with Gasteiger partial charge in [0.1, 0.15) is 22.1 Å². The molecule has 0 aliphatic carbocycles. The first-order valence-corrected chi connectivity index (χ1v) is 8.01. The van der Waals surface area contributed by atoms with Crippen LogP contribution < -0.4 is 14.3 Å². The highest BCUT2D eigenvalue weighted by Crippen LogP contribution is 2.28. The molecule has 0 aliphatic rings. The van der Waals surface area contributed by atoms with Crippen molar-refractivity contribution in [2.75, 3.05) is 14.2 Å². The van der Waals surface area contributed by atoms with Gasteiger partial charge in [-0.3, -0.25) is 0 Å². The molecule has 2 aromatic carbocycles. The molecule has 0 saturated heterocycles. The van der Waals surface area contributed by atoms with Crippen LogP contribution in [-0.4, -0.2) is 34.0 Å². The second kappa shape index (κ2) is 7.01. The van der Waals surface area contributed by atoms with Crippen LogP contribution in [0.4, 0.5) is 0 Å². The molecule has 0 atom stereocenters. The molecule has 23 heavy (non-hydrogen) atoms. The lowest BCUT2D eigenvalue weighted by molar-refractivity contribution is 0.386. The largest absolute Gasteiger partial charge is 0.507 e. The second-order valence-electron chi connectivity index (χ2n) is 4.43. The Morgan fingerprint density at radius 3 is 2.52 bits per heavy atom. The summed E-state index contributed by atoms with van der Waals surface area (Å²) in [6, 6.07) is 10.7. The van der Waals surface area contributed by atoms with Gasteiger partial charge in [0.15, 0.2) is 0 Å². The van der Waals surface area contributed by atoms with E-state index >= 15 is 0 Å². The molecule has 0 bridgehead atoms. The van der Waals surface area contributed by atoms with Gasteiger partial charge in [-0.05, 0) is 24.3 Å². The minimum Gasteiger partial charge on any atom is -0.507 e. The Morgan fingerprint density at radius 2 is 1.87 bits per heavy atom. The van der Waals surface area contributed by atoms with E-state index in [-0.39, 0.29) is 16.4 Å². The zero-order valence-corrected chi connectivity index (χ0v) is 13.4. The number of nitrogens with zero attached hydrogens (tertiary/aromatic N) is 1. The first-order chi connectivity index (χ1) is 11.0. The predicted molar refractivity (Wildman–Crippen MR) is 85.6 cm³/mol. The highest BCUT2D eigenvalue weighted by atomic mass is 32.2. The van der Waals surface area contributed by atoms with Crippen molar-refractivity contribution in [3.63, 3.8) is 0 Å². The maximum atomic E-state index is 12.3. The fourth-order valence-corrected chi connectivity index (χ4v) is 2.75. The number of aromatic hydroxyl groups is 1. The first-order valence-electron chi connectivity index (χ1n) is 6.53. The average Bonchev–Trinajstić information content (AvgIpc) is 2.55. The molecule has 0 radical (unpaired) electrons. The number of nitrogens with one attached hydrogen (secondary N) is 1. The van der Waals surface area contributed by atoms with Crippen molar-refractivity contribution in [2.45, 2.75) is 4.90 Å². The number of phenolic OH excluding ortho intramolecular Hbond substituents is 1. The highest BCUT2D eigenvalue weighted by Gasteiger charge is 2.19. The molecule has 2 aromatic rings. The molecule has 7 nitrogen and oxygen atoms in total. The van der Waals surface area contributed by atoms with Gasteiger partial charge in [0, 0.05) is 11.6 Å². The minimum absolute atomic E-state index is 0.00234. The van der Waals surface area contributed by atoms with Crippen molar-refractivity contribution in [3.05, 3.63) is 48.0 Å². The number of methoxy groups -OCH3 is 2. The van der Waals surface area contributed by atoms with Crippen LogP contribution in [0.25, 0.3) is 0 Å². The van der Waals surface area contributed by atoms with Gasteiger partial charge >= 0.3 is 0 Å². The smallest absolute Gasteiger partial charge is 0.280 e. The summed E-state index contributed by atoms with van der Waals surface area (Å²) in [6.07, 6.45) is 1.21. The molecule has 0 saturated carbocycles. The van der Waals surface area contributed by atoms with Gasteiger partial charge in [0.05, 0.1) is 20.4 Å². The van der Waals surface area contributed by atoms with E-state index in [9.17, 15) is 13.5 Å². The van der Waals surface area contributed by atoms with Crippen LogP contribution in [0.15, 0.2) is 52.5 Å². The summed E-state index contributed by atoms with van der Waals surface area (Å²) < 4.78 is 34.6. The zero-order chi connectivity index (χ0) is 16.9. The van der Waals surface area contributed by atoms with E-state index in [4.69, 9.17) is 9.47 Å². The first kappa shape index (κ1) is 16.6. The SMILES string of the molecule is COc1ccc(S(=O)(=O)N/N=C/c2ccccc2O)c(OC)c1.